The number of unbranched alkanes of at least 4 members (excludes halogenated alkanes) is 2. The smallest absolute Gasteiger partial charge is 0.233 e. The van der Waals surface area contributed by atoms with Crippen molar-refractivity contribution in [1.82, 2.24) is 10.2 Å². The van der Waals surface area contributed by atoms with Gasteiger partial charge in [-0.2, -0.15) is 0 Å². The summed E-state index contributed by atoms with van der Waals surface area (Å²) >= 11 is 0. The van der Waals surface area contributed by atoms with E-state index in [0.29, 0.717) is 5.89 Å². The highest BCUT2D eigenvalue weighted by molar-refractivity contribution is 4.87. The molecule has 1 rings (SSSR count). The Kier molecular flexibility index (Phi) is 4.59. The third-order valence-corrected chi connectivity index (χ3v) is 2.23. The van der Waals surface area contributed by atoms with E-state index < -0.39 is 0 Å². The van der Waals surface area contributed by atoms with E-state index in [1.54, 1.807) is 0 Å². The summed E-state index contributed by atoms with van der Waals surface area (Å²) in [6, 6.07) is -0.109. The maximum absolute atomic E-state index is 5.77. The Bertz CT molecular complexity index is 260. The predicted molar refractivity (Wildman–Crippen MR) is 54.7 cm³/mol. The molecule has 2 N–H and O–H groups in total. The minimum Gasteiger partial charge on any atom is -0.424 e. The zero-order chi connectivity index (χ0) is 10.4. The second-order valence-electron chi connectivity index (χ2n) is 3.51. The third kappa shape index (κ3) is 3.10. The molecule has 0 saturated heterocycles. The number of aromatic nitrogens is 2. The van der Waals surface area contributed by atoms with Crippen LogP contribution in [0, 0.1) is 0 Å². The van der Waals surface area contributed by atoms with Gasteiger partial charge in [-0.25, -0.2) is 0 Å². The Morgan fingerprint density at radius 2 is 2.07 bits per heavy atom. The first kappa shape index (κ1) is 11.2. The average Bonchev–Trinajstić information content (AvgIpc) is 2.66. The Morgan fingerprint density at radius 3 is 2.71 bits per heavy atom. The van der Waals surface area contributed by atoms with Crippen LogP contribution in [0.15, 0.2) is 4.42 Å². The number of nitrogens with two attached hydrogens (primary N) is 1. The molecule has 0 fully saturated rings. The lowest BCUT2D eigenvalue weighted by molar-refractivity contribution is 0.408. The highest BCUT2D eigenvalue weighted by atomic mass is 16.4. The van der Waals surface area contributed by atoms with Crippen LogP contribution < -0.4 is 5.73 Å². The van der Waals surface area contributed by atoms with Gasteiger partial charge >= 0.3 is 0 Å². The van der Waals surface area contributed by atoms with Crippen LogP contribution >= 0.6 is 0 Å². The summed E-state index contributed by atoms with van der Waals surface area (Å²) in [6.07, 6.45) is 5.22. The Morgan fingerprint density at radius 1 is 1.29 bits per heavy atom. The Labute approximate surface area is 84.9 Å². The minimum atomic E-state index is -0.109. The summed E-state index contributed by atoms with van der Waals surface area (Å²) < 4.78 is 5.44. The van der Waals surface area contributed by atoms with E-state index in [9.17, 15) is 0 Å². The van der Waals surface area contributed by atoms with Gasteiger partial charge < -0.3 is 10.2 Å². The molecule has 0 aliphatic rings. The molecule has 0 aromatic carbocycles. The van der Waals surface area contributed by atoms with Crippen LogP contribution in [0.2, 0.25) is 0 Å². The van der Waals surface area contributed by atoms with Crippen molar-refractivity contribution in [3.05, 3.63) is 11.8 Å². The fourth-order valence-electron chi connectivity index (χ4n) is 1.22. The lowest BCUT2D eigenvalue weighted by Crippen LogP contribution is -2.08. The molecule has 1 heterocycles. The molecule has 1 unspecified atom stereocenters. The molecule has 4 nitrogen and oxygen atoms in total. The first-order valence-corrected chi connectivity index (χ1v) is 5.35. The molecule has 80 valence electrons. The summed E-state index contributed by atoms with van der Waals surface area (Å²) in [5.74, 6) is 1.29. The van der Waals surface area contributed by atoms with Crippen molar-refractivity contribution in [3.8, 4) is 0 Å². The third-order valence-electron chi connectivity index (χ3n) is 2.23. The average molecular weight is 197 g/mol. The summed E-state index contributed by atoms with van der Waals surface area (Å²) in [5.41, 5.74) is 5.77. The molecule has 0 amide bonds. The van der Waals surface area contributed by atoms with Crippen molar-refractivity contribution in [3.63, 3.8) is 0 Å². The van der Waals surface area contributed by atoms with E-state index in [1.165, 1.54) is 12.8 Å². The van der Waals surface area contributed by atoms with E-state index in [-0.39, 0.29) is 6.04 Å². The van der Waals surface area contributed by atoms with Gasteiger partial charge in [0, 0.05) is 6.42 Å². The SMILES string of the molecule is CCCCCc1nnc(C(N)CC)o1. The molecular weight excluding hydrogens is 178 g/mol. The van der Waals surface area contributed by atoms with Crippen LogP contribution in [-0.4, -0.2) is 10.2 Å². The van der Waals surface area contributed by atoms with E-state index in [2.05, 4.69) is 17.1 Å². The van der Waals surface area contributed by atoms with Crippen molar-refractivity contribution in [2.45, 2.75) is 52.0 Å². The van der Waals surface area contributed by atoms with Gasteiger partial charge in [-0.1, -0.05) is 26.7 Å². The number of nitrogens with zero attached hydrogens (tertiary/aromatic N) is 2. The quantitative estimate of drug-likeness (QED) is 0.710. The predicted octanol–water partition coefficient (Wildman–Crippen LogP) is 2.21. The standard InChI is InChI=1S/C10H19N3O/c1-3-5-6-7-9-12-13-10(14-9)8(11)4-2/h8H,3-7,11H2,1-2H3. The normalized spacial score (nSPS) is 13.1. The van der Waals surface area contributed by atoms with Crippen LogP contribution in [0.4, 0.5) is 0 Å². The van der Waals surface area contributed by atoms with Crippen LogP contribution in [0.25, 0.3) is 0 Å². The molecule has 0 aliphatic heterocycles. The van der Waals surface area contributed by atoms with Crippen molar-refractivity contribution in [1.29, 1.82) is 0 Å². The molecule has 0 radical (unpaired) electrons. The molecule has 0 spiro atoms. The van der Waals surface area contributed by atoms with Crippen LogP contribution in [0.5, 0.6) is 0 Å². The molecule has 4 heteroatoms. The van der Waals surface area contributed by atoms with Gasteiger partial charge in [-0.05, 0) is 12.8 Å². The Hall–Kier alpha value is -0.900. The van der Waals surface area contributed by atoms with Gasteiger partial charge in [-0.3, -0.25) is 0 Å². The monoisotopic (exact) mass is 197 g/mol. The lowest BCUT2D eigenvalue weighted by Gasteiger charge is -2.00. The summed E-state index contributed by atoms with van der Waals surface area (Å²) in [4.78, 5) is 0. The summed E-state index contributed by atoms with van der Waals surface area (Å²) in [5, 5.41) is 7.88. The summed E-state index contributed by atoms with van der Waals surface area (Å²) in [7, 11) is 0. The number of aryl methyl sites for hydroxylation is 1. The molecule has 0 aliphatic carbocycles. The highest BCUT2D eigenvalue weighted by Crippen LogP contribution is 2.13. The van der Waals surface area contributed by atoms with E-state index in [1.807, 2.05) is 6.92 Å². The van der Waals surface area contributed by atoms with Crippen LogP contribution in [0.1, 0.15) is 57.4 Å². The maximum Gasteiger partial charge on any atom is 0.233 e. The molecule has 1 aromatic heterocycles. The largest absolute Gasteiger partial charge is 0.424 e. The maximum atomic E-state index is 5.77. The van der Waals surface area contributed by atoms with Gasteiger partial charge in [0.1, 0.15) is 0 Å². The van der Waals surface area contributed by atoms with Crippen LogP contribution in [-0.2, 0) is 6.42 Å². The van der Waals surface area contributed by atoms with Gasteiger partial charge in [0.05, 0.1) is 6.04 Å². The van der Waals surface area contributed by atoms with Gasteiger partial charge in [0.25, 0.3) is 0 Å². The van der Waals surface area contributed by atoms with Crippen molar-refractivity contribution >= 4 is 0 Å². The topological polar surface area (TPSA) is 64.9 Å². The fourth-order valence-corrected chi connectivity index (χ4v) is 1.22. The van der Waals surface area contributed by atoms with Crippen molar-refractivity contribution in [2.24, 2.45) is 5.73 Å². The van der Waals surface area contributed by atoms with Gasteiger partial charge in [0.15, 0.2) is 0 Å². The highest BCUT2D eigenvalue weighted by Gasteiger charge is 2.11. The van der Waals surface area contributed by atoms with Gasteiger partial charge in [0.2, 0.25) is 11.8 Å². The fraction of sp³-hybridized carbons (Fsp3) is 0.800. The molecule has 1 aromatic rings. The molecule has 14 heavy (non-hydrogen) atoms. The zero-order valence-electron chi connectivity index (χ0n) is 8.99. The second kappa shape index (κ2) is 5.75. The Balaban J connectivity index is 2.42. The molecule has 1 atom stereocenters. The first-order chi connectivity index (χ1) is 6.77. The van der Waals surface area contributed by atoms with Crippen LogP contribution in [0.3, 0.4) is 0 Å². The minimum absolute atomic E-state index is 0.109. The zero-order valence-corrected chi connectivity index (χ0v) is 8.99. The van der Waals surface area contributed by atoms with E-state index in [4.69, 9.17) is 10.2 Å². The second-order valence-corrected chi connectivity index (χ2v) is 3.51. The van der Waals surface area contributed by atoms with Gasteiger partial charge in [-0.15, -0.1) is 10.2 Å². The molecule has 0 bridgehead atoms. The van der Waals surface area contributed by atoms with E-state index in [0.717, 1.165) is 25.2 Å². The van der Waals surface area contributed by atoms with Crippen molar-refractivity contribution < 1.29 is 4.42 Å². The van der Waals surface area contributed by atoms with Crippen molar-refractivity contribution in [2.75, 3.05) is 0 Å². The molecular formula is C10H19N3O. The summed E-state index contributed by atoms with van der Waals surface area (Å²) in [6.45, 7) is 4.18. The number of hydrogen-bond donors (Lipinski definition) is 1. The first-order valence-electron chi connectivity index (χ1n) is 5.35. The van der Waals surface area contributed by atoms with E-state index >= 15 is 0 Å². The molecule has 0 saturated carbocycles. The number of hydrogen-bond acceptors (Lipinski definition) is 4. The number of rotatable bonds is 6. The lowest BCUT2D eigenvalue weighted by atomic mass is 10.2.